The van der Waals surface area contributed by atoms with Crippen LogP contribution in [0.1, 0.15) is 20.7 Å². The molecule has 0 fully saturated rings. The number of carboxylic acids is 2. The number of carboxylic acid groups (broad SMARTS) is 2. The van der Waals surface area contributed by atoms with Crippen molar-refractivity contribution in [2.75, 3.05) is 11.5 Å². The zero-order valence-corrected chi connectivity index (χ0v) is 14.0. The number of rotatable bonds is 4. The van der Waals surface area contributed by atoms with Crippen molar-refractivity contribution >= 4 is 59.9 Å². The number of hydrogen-bond donors (Lipinski definition) is 4. The summed E-state index contributed by atoms with van der Waals surface area (Å²) < 4.78 is 0. The molecule has 0 unspecified atom stereocenters. The number of aromatic carboxylic acids is 2. The maximum Gasteiger partial charge on any atom is 0.336 e. The molecule has 0 saturated heterocycles. The number of nitrogen functional groups attached to an aromatic ring is 2. The number of benzene rings is 2. The van der Waals surface area contributed by atoms with Crippen LogP contribution < -0.4 is 11.5 Å². The van der Waals surface area contributed by atoms with E-state index in [2.05, 4.69) is 0 Å². The second-order valence-electron chi connectivity index (χ2n) is 4.22. The number of anilines is 2. The van der Waals surface area contributed by atoms with E-state index in [1.165, 1.54) is 12.1 Å². The van der Waals surface area contributed by atoms with E-state index in [9.17, 15) is 19.8 Å². The summed E-state index contributed by atoms with van der Waals surface area (Å²) in [5.41, 5.74) is 11.8. The highest BCUT2D eigenvalue weighted by atomic mass is 35.5. The van der Waals surface area contributed by atoms with Gasteiger partial charge in [0.2, 0.25) is 0 Å². The van der Waals surface area contributed by atoms with Crippen LogP contribution in [-0.4, -0.2) is 22.2 Å². The van der Waals surface area contributed by atoms with Crippen molar-refractivity contribution in [2.45, 2.75) is 9.79 Å². The standard InChI is InChI=1S/C14H12N2O4S.2ClH/c15-7-1-3-11(9(5-7)13(17)18)21-12-4-2-8(16)6-10(12)14(19)20;;/h1-6H,15-16H2,(H,17,18)(H,19,20);2*1H. The van der Waals surface area contributed by atoms with E-state index < -0.39 is 11.9 Å². The number of nitrogens with two attached hydrogens (primary N) is 2. The van der Waals surface area contributed by atoms with Gasteiger partial charge in [0.1, 0.15) is 0 Å². The molecule has 2 rings (SSSR count). The van der Waals surface area contributed by atoms with Gasteiger partial charge in [0, 0.05) is 21.2 Å². The molecular weight excluding hydrogens is 363 g/mol. The molecule has 0 bridgehead atoms. The van der Waals surface area contributed by atoms with Gasteiger partial charge < -0.3 is 21.7 Å². The van der Waals surface area contributed by atoms with E-state index in [0.29, 0.717) is 21.2 Å². The first-order valence-corrected chi connectivity index (χ1v) is 6.63. The Kier molecular flexibility index (Phi) is 7.74. The van der Waals surface area contributed by atoms with Crippen molar-refractivity contribution in [3.63, 3.8) is 0 Å². The van der Waals surface area contributed by atoms with Crippen LogP contribution in [0.4, 0.5) is 11.4 Å². The summed E-state index contributed by atoms with van der Waals surface area (Å²) in [5.74, 6) is -2.26. The molecule has 9 heteroatoms. The molecule has 0 radical (unpaired) electrons. The van der Waals surface area contributed by atoms with Crippen molar-refractivity contribution in [1.82, 2.24) is 0 Å². The van der Waals surface area contributed by atoms with Crippen LogP contribution in [0, 0.1) is 0 Å². The highest BCUT2D eigenvalue weighted by Crippen LogP contribution is 2.34. The fourth-order valence-electron chi connectivity index (χ4n) is 1.73. The summed E-state index contributed by atoms with van der Waals surface area (Å²) >= 11 is 1.04. The third-order valence-electron chi connectivity index (χ3n) is 2.69. The Hall–Kier alpha value is -2.09. The predicted octanol–water partition coefficient (Wildman–Crippen LogP) is 3.24. The topological polar surface area (TPSA) is 127 Å². The molecule has 0 aliphatic rings. The van der Waals surface area contributed by atoms with Gasteiger partial charge in [0.15, 0.2) is 0 Å². The van der Waals surface area contributed by atoms with Gasteiger partial charge in [0.25, 0.3) is 0 Å². The highest BCUT2D eigenvalue weighted by Gasteiger charge is 2.16. The van der Waals surface area contributed by atoms with Crippen LogP contribution in [-0.2, 0) is 0 Å². The lowest BCUT2D eigenvalue weighted by Gasteiger charge is -2.09. The Bertz CT molecular complexity index is 679. The molecule has 2 aromatic rings. The summed E-state index contributed by atoms with van der Waals surface area (Å²) in [6.45, 7) is 0. The maximum atomic E-state index is 11.2. The van der Waals surface area contributed by atoms with E-state index in [1.807, 2.05) is 0 Å². The third-order valence-corrected chi connectivity index (χ3v) is 3.84. The lowest BCUT2D eigenvalue weighted by molar-refractivity contribution is 0.0683. The second kappa shape index (κ2) is 8.52. The molecular formula is C14H14Cl2N2O4S. The van der Waals surface area contributed by atoms with Gasteiger partial charge in [-0.25, -0.2) is 9.59 Å². The van der Waals surface area contributed by atoms with Crippen molar-refractivity contribution in [3.05, 3.63) is 47.5 Å². The summed E-state index contributed by atoms with van der Waals surface area (Å²) in [4.78, 5) is 23.3. The third kappa shape index (κ3) is 4.95. The largest absolute Gasteiger partial charge is 0.478 e. The molecule has 0 atom stereocenters. The molecule has 0 spiro atoms. The first kappa shape index (κ1) is 20.9. The molecule has 6 N–H and O–H groups in total. The lowest BCUT2D eigenvalue weighted by Crippen LogP contribution is -2.03. The van der Waals surface area contributed by atoms with Gasteiger partial charge in [-0.3, -0.25) is 0 Å². The molecule has 0 saturated carbocycles. The number of carbonyl (C=O) groups is 2. The SMILES string of the molecule is Cl.Cl.Nc1ccc(Sc2ccc(N)cc2C(=O)O)c(C(=O)O)c1. The van der Waals surface area contributed by atoms with Gasteiger partial charge in [-0.2, -0.15) is 0 Å². The first-order valence-electron chi connectivity index (χ1n) is 5.82. The number of hydrogen-bond acceptors (Lipinski definition) is 5. The van der Waals surface area contributed by atoms with Crippen molar-refractivity contribution in [3.8, 4) is 0 Å². The first-order chi connectivity index (χ1) is 9.88. The molecule has 0 aliphatic heterocycles. The van der Waals surface area contributed by atoms with Crippen LogP contribution in [0.3, 0.4) is 0 Å². The second-order valence-corrected chi connectivity index (χ2v) is 5.31. The van der Waals surface area contributed by atoms with E-state index in [0.717, 1.165) is 11.8 Å². The van der Waals surface area contributed by atoms with Gasteiger partial charge >= 0.3 is 11.9 Å². The summed E-state index contributed by atoms with van der Waals surface area (Å²) in [5, 5.41) is 18.4. The zero-order valence-electron chi connectivity index (χ0n) is 11.6. The van der Waals surface area contributed by atoms with Gasteiger partial charge in [-0.15, -0.1) is 24.8 Å². The lowest BCUT2D eigenvalue weighted by atomic mass is 10.2. The summed E-state index contributed by atoms with van der Waals surface area (Å²) in [6, 6.07) is 8.89. The molecule has 0 aliphatic carbocycles. The predicted molar refractivity (Wildman–Crippen MR) is 94.2 cm³/mol. The average molecular weight is 377 g/mol. The molecule has 0 heterocycles. The zero-order chi connectivity index (χ0) is 15.6. The van der Waals surface area contributed by atoms with E-state index in [1.54, 1.807) is 24.3 Å². The normalized spacial score (nSPS) is 9.39. The Morgan fingerprint density at radius 2 is 1.13 bits per heavy atom. The molecule has 0 amide bonds. The quantitative estimate of drug-likeness (QED) is 0.603. The van der Waals surface area contributed by atoms with Crippen LogP contribution in [0.5, 0.6) is 0 Å². The van der Waals surface area contributed by atoms with E-state index >= 15 is 0 Å². The minimum absolute atomic E-state index is 0. The van der Waals surface area contributed by atoms with E-state index in [4.69, 9.17) is 11.5 Å². The average Bonchev–Trinajstić information content (AvgIpc) is 2.42. The maximum absolute atomic E-state index is 11.2. The Morgan fingerprint density at radius 3 is 1.43 bits per heavy atom. The highest BCUT2D eigenvalue weighted by molar-refractivity contribution is 7.99. The fraction of sp³-hybridized carbons (Fsp3) is 0. The minimum Gasteiger partial charge on any atom is -0.478 e. The van der Waals surface area contributed by atoms with Crippen molar-refractivity contribution < 1.29 is 19.8 Å². The van der Waals surface area contributed by atoms with Gasteiger partial charge in [-0.1, -0.05) is 11.8 Å². The van der Waals surface area contributed by atoms with Crippen LogP contribution in [0.15, 0.2) is 46.2 Å². The molecule has 6 nitrogen and oxygen atoms in total. The van der Waals surface area contributed by atoms with Crippen molar-refractivity contribution in [1.29, 1.82) is 0 Å². The Morgan fingerprint density at radius 1 is 0.783 bits per heavy atom. The number of halogens is 2. The van der Waals surface area contributed by atoms with E-state index in [-0.39, 0.29) is 35.9 Å². The van der Waals surface area contributed by atoms with Crippen LogP contribution in [0.25, 0.3) is 0 Å². The monoisotopic (exact) mass is 376 g/mol. The smallest absolute Gasteiger partial charge is 0.336 e. The van der Waals surface area contributed by atoms with Crippen LogP contribution >= 0.6 is 36.6 Å². The molecule has 23 heavy (non-hydrogen) atoms. The molecule has 0 aromatic heterocycles. The summed E-state index contributed by atoms with van der Waals surface area (Å²) in [7, 11) is 0. The molecule has 2 aromatic carbocycles. The van der Waals surface area contributed by atoms with Crippen molar-refractivity contribution in [2.24, 2.45) is 0 Å². The Labute approximate surface area is 148 Å². The minimum atomic E-state index is -1.13. The summed E-state index contributed by atoms with van der Waals surface area (Å²) in [6.07, 6.45) is 0. The fourth-order valence-corrected chi connectivity index (χ4v) is 2.75. The Balaban J connectivity index is 0.00000242. The van der Waals surface area contributed by atoms with Gasteiger partial charge in [-0.05, 0) is 36.4 Å². The van der Waals surface area contributed by atoms with Crippen LogP contribution in [0.2, 0.25) is 0 Å². The molecule has 124 valence electrons. The van der Waals surface area contributed by atoms with Gasteiger partial charge in [0.05, 0.1) is 11.1 Å².